The van der Waals surface area contributed by atoms with Crippen molar-refractivity contribution in [2.24, 2.45) is 0 Å². The van der Waals surface area contributed by atoms with Gasteiger partial charge in [0.2, 0.25) is 0 Å². The van der Waals surface area contributed by atoms with E-state index in [2.05, 4.69) is 143 Å². The Morgan fingerprint density at radius 1 is 0.442 bits per heavy atom. The second-order valence-corrected chi connectivity index (χ2v) is 30.6. The molecule has 1 nitrogen and oxygen atoms in total. The van der Waals surface area contributed by atoms with Crippen molar-refractivity contribution in [1.82, 2.24) is 0 Å². The zero-order valence-corrected chi connectivity index (χ0v) is 27.5. The zero-order valence-electron chi connectivity index (χ0n) is 23.6. The van der Waals surface area contributed by atoms with Crippen LogP contribution in [0.4, 0.5) is 11.4 Å². The summed E-state index contributed by atoms with van der Waals surface area (Å²) < 4.78 is 4.44. The number of anilines is 2. The van der Waals surface area contributed by atoms with Gasteiger partial charge >= 0.3 is 263 Å². The molecule has 0 saturated carbocycles. The van der Waals surface area contributed by atoms with Gasteiger partial charge in [-0.1, -0.05) is 0 Å². The van der Waals surface area contributed by atoms with E-state index in [1.807, 2.05) is 12.1 Å². The van der Waals surface area contributed by atoms with Crippen LogP contribution in [0.5, 0.6) is 0 Å². The minimum atomic E-state index is -5.39. The number of hydrogen-bond acceptors (Lipinski definition) is 1. The van der Waals surface area contributed by atoms with Crippen molar-refractivity contribution in [3.05, 3.63) is 168 Å². The van der Waals surface area contributed by atoms with Crippen LogP contribution in [0.1, 0.15) is 22.3 Å². The summed E-state index contributed by atoms with van der Waals surface area (Å²) in [6, 6.07) is 51.4. The number of benzene rings is 6. The molecule has 206 valence electrons. The van der Waals surface area contributed by atoms with E-state index in [4.69, 9.17) is 17.0 Å². The van der Waals surface area contributed by atoms with Gasteiger partial charge in [-0.15, -0.1) is 0 Å². The molecule has 6 aromatic carbocycles. The number of hydrogen-bond donors (Lipinski definition) is 0. The Kier molecular flexibility index (Phi) is 6.57. The van der Waals surface area contributed by atoms with Crippen LogP contribution < -0.4 is 11.4 Å². The topological polar surface area (TPSA) is 3.24 Å². The van der Waals surface area contributed by atoms with Crippen molar-refractivity contribution < 1.29 is 15.7 Å². The van der Waals surface area contributed by atoms with Crippen molar-refractivity contribution in [3.63, 3.8) is 0 Å². The van der Waals surface area contributed by atoms with Gasteiger partial charge in [-0.05, 0) is 0 Å². The summed E-state index contributed by atoms with van der Waals surface area (Å²) in [5.74, 6) is 0. The molecule has 0 amide bonds. The fraction of sp³-hybridized carbons (Fsp3) is 0.0526. The standard InChI is InChI=1S/2C13H9.C12H10BN.2ClH.Zr/c2*1-3-7-12-10(5-1)9-11-6-2-4-8-13(11)12;13-14(11-7-3-1-4-8-11)12-9-5-2-6-10-12;;;/h2*1-5,7-8H,9H2;1-10H;2*1H;/q;;;;;+2/p-2. The first-order valence-corrected chi connectivity index (χ1v) is 25.0. The van der Waals surface area contributed by atoms with Gasteiger partial charge in [-0.25, -0.2) is 0 Å². The molecule has 0 unspecified atom stereocenters. The van der Waals surface area contributed by atoms with Crippen LogP contribution >= 0.6 is 17.0 Å². The van der Waals surface area contributed by atoms with E-state index in [0.29, 0.717) is 0 Å². The second-order valence-electron chi connectivity index (χ2n) is 11.6. The molecular weight excluding hydrogens is 643 g/mol. The van der Waals surface area contributed by atoms with Gasteiger partial charge in [0, 0.05) is 0 Å². The maximum absolute atomic E-state index is 8.47. The number of fused-ring (bicyclic) bond motifs is 6. The molecule has 8 rings (SSSR count). The molecule has 43 heavy (non-hydrogen) atoms. The first-order valence-electron chi connectivity index (χ1n) is 14.8. The number of para-hydroxylation sites is 2. The third-order valence-electron chi connectivity index (χ3n) is 9.11. The van der Waals surface area contributed by atoms with Crippen LogP contribution in [0.3, 0.4) is 0 Å². The molecule has 5 heteroatoms. The number of halogens is 2. The quantitative estimate of drug-likeness (QED) is 0.165. The van der Waals surface area contributed by atoms with Gasteiger partial charge in [0.15, 0.2) is 0 Å². The average Bonchev–Trinajstić information content (AvgIpc) is 3.63. The summed E-state index contributed by atoms with van der Waals surface area (Å²) in [6.45, 7) is 0. The van der Waals surface area contributed by atoms with E-state index in [9.17, 15) is 0 Å². The van der Waals surface area contributed by atoms with Crippen molar-refractivity contribution in [3.8, 4) is 22.3 Å². The zero-order chi connectivity index (χ0) is 29.0. The molecule has 0 radical (unpaired) electrons. The van der Waals surface area contributed by atoms with E-state index in [1.54, 1.807) is 0 Å². The number of rotatable bonds is 5. The molecule has 2 aliphatic rings. The SMILES string of the molecule is [Cl][Zr]([Cl])(=[B]N(c1ccccc1)c1ccccc1)([c]1cccc2c1Cc1ccccc1-2)[c]1cccc2c1Cc1ccccc1-2. The number of nitrogens with zero attached hydrogens (tertiary/aromatic N) is 1. The van der Waals surface area contributed by atoms with Gasteiger partial charge in [-0.3, -0.25) is 0 Å². The second kappa shape index (κ2) is 10.4. The summed E-state index contributed by atoms with van der Waals surface area (Å²) in [7, 11) is 16.9. The predicted molar refractivity (Wildman–Crippen MR) is 181 cm³/mol. The molecule has 0 bridgehead atoms. The summed E-state index contributed by atoms with van der Waals surface area (Å²) in [5.41, 5.74) is 12.2. The summed E-state index contributed by atoms with van der Waals surface area (Å²) in [5, 5.41) is 0. The van der Waals surface area contributed by atoms with Crippen LogP contribution in [0, 0.1) is 0 Å². The normalized spacial score (nSPS) is 13.0. The summed E-state index contributed by atoms with van der Waals surface area (Å²) >= 11 is -5.39. The van der Waals surface area contributed by atoms with Crippen LogP contribution in [0.15, 0.2) is 146 Å². The van der Waals surface area contributed by atoms with Gasteiger partial charge in [0.05, 0.1) is 0 Å². The molecule has 2 aliphatic carbocycles. The average molecular weight is 672 g/mol. The molecule has 0 saturated heterocycles. The Bertz CT molecular complexity index is 1960. The van der Waals surface area contributed by atoms with E-state index < -0.39 is 15.7 Å². The van der Waals surface area contributed by atoms with Gasteiger partial charge in [-0.2, -0.15) is 0 Å². The molecule has 0 fully saturated rings. The summed E-state index contributed by atoms with van der Waals surface area (Å²) in [4.78, 5) is 2.23. The molecule has 0 aliphatic heterocycles. The minimum absolute atomic E-state index is 0.824. The molecular formula is C38H28BCl2NZr. The fourth-order valence-electron chi connectivity index (χ4n) is 7.16. The van der Waals surface area contributed by atoms with E-state index in [-0.39, 0.29) is 0 Å². The van der Waals surface area contributed by atoms with E-state index >= 15 is 0 Å². The Morgan fingerprint density at radius 2 is 0.837 bits per heavy atom. The molecule has 0 heterocycles. The first kappa shape index (κ1) is 27.2. The maximum atomic E-state index is 8.47. The third kappa shape index (κ3) is 4.40. The van der Waals surface area contributed by atoms with Crippen LogP contribution in [0.2, 0.25) is 0 Å². The van der Waals surface area contributed by atoms with Crippen molar-refractivity contribution in [2.45, 2.75) is 12.8 Å². The van der Waals surface area contributed by atoms with Crippen molar-refractivity contribution in [1.29, 1.82) is 0 Å². The van der Waals surface area contributed by atoms with Gasteiger partial charge in [0.1, 0.15) is 0 Å². The monoisotopic (exact) mass is 669 g/mol. The van der Waals surface area contributed by atoms with E-state index in [1.165, 1.54) is 44.5 Å². The van der Waals surface area contributed by atoms with Gasteiger partial charge < -0.3 is 0 Å². The third-order valence-corrected chi connectivity index (χ3v) is 24.0. The van der Waals surface area contributed by atoms with Crippen LogP contribution in [-0.4, -0.2) is 4.51 Å². The molecule has 0 spiro atoms. The predicted octanol–water partition coefficient (Wildman–Crippen LogP) is 9.15. The molecule has 6 aromatic rings. The Morgan fingerprint density at radius 3 is 1.30 bits per heavy atom. The summed E-state index contributed by atoms with van der Waals surface area (Å²) in [6.07, 6.45) is 1.65. The molecule has 0 N–H and O–H groups in total. The Balaban J connectivity index is 1.47. The molecule has 0 aromatic heterocycles. The van der Waals surface area contributed by atoms with Crippen molar-refractivity contribution >= 4 is 39.5 Å². The van der Waals surface area contributed by atoms with E-state index in [0.717, 1.165) is 30.8 Å². The van der Waals surface area contributed by atoms with Crippen LogP contribution in [-0.2, 0) is 28.5 Å². The fourth-order valence-corrected chi connectivity index (χ4v) is 21.5. The Hall–Kier alpha value is -3.35. The Labute approximate surface area is 261 Å². The van der Waals surface area contributed by atoms with Gasteiger partial charge in [0.25, 0.3) is 0 Å². The van der Waals surface area contributed by atoms with Crippen LogP contribution in [0.25, 0.3) is 22.3 Å². The first-order chi connectivity index (χ1) is 21.0. The molecule has 0 atom stereocenters. The van der Waals surface area contributed by atoms with Crippen molar-refractivity contribution in [2.75, 3.05) is 4.81 Å².